The summed E-state index contributed by atoms with van der Waals surface area (Å²) in [5.74, 6) is -1.45. The van der Waals surface area contributed by atoms with E-state index in [1.807, 2.05) is 4.90 Å². The number of halogens is 2. The van der Waals surface area contributed by atoms with E-state index in [4.69, 9.17) is 0 Å². The molecule has 0 radical (unpaired) electrons. The van der Waals surface area contributed by atoms with E-state index >= 15 is 0 Å². The number of benzene rings is 1. The van der Waals surface area contributed by atoms with Gasteiger partial charge >= 0.3 is 0 Å². The second kappa shape index (κ2) is 5.95. The van der Waals surface area contributed by atoms with Gasteiger partial charge in [-0.25, -0.2) is 8.78 Å². The number of hydrogen-bond acceptors (Lipinski definition) is 2. The molecular weight excluding hydrogens is 288 g/mol. The maximum atomic E-state index is 13.8. The number of aliphatic hydroxyl groups is 1. The number of likely N-dealkylation sites (tertiary alicyclic amines) is 1. The van der Waals surface area contributed by atoms with Crippen LogP contribution in [0, 0.1) is 17.6 Å². The minimum absolute atomic E-state index is 0.0527. The van der Waals surface area contributed by atoms with E-state index in [1.165, 1.54) is 12.1 Å². The van der Waals surface area contributed by atoms with Crippen molar-refractivity contribution >= 4 is 5.91 Å². The van der Waals surface area contributed by atoms with Crippen molar-refractivity contribution < 1.29 is 18.7 Å². The smallest absolute Gasteiger partial charge is 0.226 e. The predicted molar refractivity (Wildman–Crippen MR) is 78.2 cm³/mol. The van der Waals surface area contributed by atoms with Crippen molar-refractivity contribution in [2.24, 2.45) is 5.92 Å². The van der Waals surface area contributed by atoms with Gasteiger partial charge in [0.25, 0.3) is 0 Å². The average molecular weight is 309 g/mol. The van der Waals surface area contributed by atoms with E-state index in [0.717, 1.165) is 18.9 Å². The molecule has 4 atom stereocenters. The normalized spacial score (nSPS) is 28.7. The quantitative estimate of drug-likeness (QED) is 0.929. The maximum Gasteiger partial charge on any atom is 0.226 e. The Labute approximate surface area is 128 Å². The fourth-order valence-corrected chi connectivity index (χ4v) is 3.59. The fraction of sp³-hybridized carbons (Fsp3) is 0.588. The molecule has 1 saturated carbocycles. The van der Waals surface area contributed by atoms with Crippen LogP contribution in [0.5, 0.6) is 0 Å². The highest BCUT2D eigenvalue weighted by Crippen LogP contribution is 2.50. The molecule has 1 saturated heterocycles. The lowest BCUT2D eigenvalue weighted by Gasteiger charge is -2.26. The fourth-order valence-electron chi connectivity index (χ4n) is 3.59. The molecule has 5 heteroatoms. The van der Waals surface area contributed by atoms with Gasteiger partial charge in [-0.15, -0.1) is 0 Å². The van der Waals surface area contributed by atoms with E-state index < -0.39 is 17.7 Å². The van der Waals surface area contributed by atoms with Crippen LogP contribution < -0.4 is 0 Å². The van der Waals surface area contributed by atoms with Crippen LogP contribution >= 0.6 is 0 Å². The second-order valence-electron chi connectivity index (χ2n) is 6.53. The highest BCUT2D eigenvalue weighted by molar-refractivity contribution is 5.83. The Bertz CT molecular complexity index is 576. The molecule has 3 rings (SSSR count). The van der Waals surface area contributed by atoms with E-state index in [-0.39, 0.29) is 23.8 Å². The summed E-state index contributed by atoms with van der Waals surface area (Å²) in [6, 6.07) is 3.65. The molecule has 3 nitrogen and oxygen atoms in total. The molecule has 1 aromatic carbocycles. The monoisotopic (exact) mass is 309 g/mol. The van der Waals surface area contributed by atoms with Gasteiger partial charge in [0.1, 0.15) is 11.6 Å². The molecule has 1 aromatic rings. The first-order valence-corrected chi connectivity index (χ1v) is 7.91. The molecule has 22 heavy (non-hydrogen) atoms. The minimum Gasteiger partial charge on any atom is -0.393 e. The molecule has 120 valence electrons. The molecule has 0 bridgehead atoms. The highest BCUT2D eigenvalue weighted by Gasteiger charge is 2.48. The Hall–Kier alpha value is -1.49. The zero-order valence-corrected chi connectivity index (χ0v) is 12.6. The maximum absolute atomic E-state index is 13.8. The van der Waals surface area contributed by atoms with Gasteiger partial charge in [-0.1, -0.05) is 6.07 Å². The Morgan fingerprint density at radius 2 is 2.23 bits per heavy atom. The van der Waals surface area contributed by atoms with Gasteiger partial charge in [-0.3, -0.25) is 4.79 Å². The number of aliphatic hydroxyl groups excluding tert-OH is 1. The zero-order chi connectivity index (χ0) is 15.9. The number of rotatable bonds is 4. The van der Waals surface area contributed by atoms with Gasteiger partial charge in [0, 0.05) is 24.6 Å². The zero-order valence-electron chi connectivity index (χ0n) is 12.6. The summed E-state index contributed by atoms with van der Waals surface area (Å²) in [5.41, 5.74) is 0.436. The van der Waals surface area contributed by atoms with Crippen LogP contribution in [0.2, 0.25) is 0 Å². The first-order chi connectivity index (χ1) is 10.5. The average Bonchev–Trinajstić information content (AvgIpc) is 3.09. The highest BCUT2D eigenvalue weighted by atomic mass is 19.1. The van der Waals surface area contributed by atoms with Crippen LogP contribution in [0.25, 0.3) is 0 Å². The number of carbonyl (C=O) groups is 1. The summed E-state index contributed by atoms with van der Waals surface area (Å²) >= 11 is 0. The molecular formula is C17H21F2NO2. The molecule has 1 aliphatic carbocycles. The molecule has 2 aliphatic rings. The second-order valence-corrected chi connectivity index (χ2v) is 6.53. The van der Waals surface area contributed by atoms with Crippen molar-refractivity contribution in [2.75, 3.05) is 6.54 Å². The predicted octanol–water partition coefficient (Wildman–Crippen LogP) is 2.83. The number of nitrogens with zero attached hydrogens (tertiary/aromatic N) is 1. The third-order valence-corrected chi connectivity index (χ3v) is 4.74. The van der Waals surface area contributed by atoms with Gasteiger partial charge < -0.3 is 10.0 Å². The van der Waals surface area contributed by atoms with Crippen molar-refractivity contribution in [2.45, 2.75) is 50.7 Å². The third kappa shape index (κ3) is 3.00. The van der Waals surface area contributed by atoms with Crippen molar-refractivity contribution in [3.8, 4) is 0 Å². The number of carbonyl (C=O) groups excluding carboxylic acids is 1. The SMILES string of the molecule is CC(O)CC1CCCN1C(=O)C1CC1c1ccc(F)cc1F. The summed E-state index contributed by atoms with van der Waals surface area (Å²) in [6.07, 6.45) is 2.65. The number of amides is 1. The summed E-state index contributed by atoms with van der Waals surface area (Å²) in [5, 5.41) is 9.54. The molecule has 4 unspecified atom stereocenters. The van der Waals surface area contributed by atoms with Gasteiger partial charge in [-0.05, 0) is 50.2 Å². The van der Waals surface area contributed by atoms with Crippen molar-refractivity contribution in [1.29, 1.82) is 0 Å². The minimum atomic E-state index is -0.596. The van der Waals surface area contributed by atoms with E-state index in [2.05, 4.69) is 0 Å². The summed E-state index contributed by atoms with van der Waals surface area (Å²) in [7, 11) is 0. The molecule has 1 N–H and O–H groups in total. The van der Waals surface area contributed by atoms with Crippen LogP contribution in [-0.2, 0) is 4.79 Å². The third-order valence-electron chi connectivity index (χ3n) is 4.74. The molecule has 0 spiro atoms. The van der Waals surface area contributed by atoms with Crippen LogP contribution in [0.4, 0.5) is 8.78 Å². The Kier molecular flexibility index (Phi) is 4.17. The Morgan fingerprint density at radius 3 is 2.91 bits per heavy atom. The van der Waals surface area contributed by atoms with Gasteiger partial charge in [0.05, 0.1) is 6.10 Å². The summed E-state index contributed by atoms with van der Waals surface area (Å²) in [4.78, 5) is 14.5. The molecule has 2 fully saturated rings. The van der Waals surface area contributed by atoms with Crippen molar-refractivity contribution in [3.63, 3.8) is 0 Å². The van der Waals surface area contributed by atoms with Gasteiger partial charge in [-0.2, -0.15) is 0 Å². The first-order valence-electron chi connectivity index (χ1n) is 7.91. The van der Waals surface area contributed by atoms with Crippen molar-refractivity contribution in [3.05, 3.63) is 35.4 Å². The molecule has 1 heterocycles. The van der Waals surface area contributed by atoms with Crippen molar-refractivity contribution in [1.82, 2.24) is 4.90 Å². The Morgan fingerprint density at radius 1 is 1.45 bits per heavy atom. The largest absolute Gasteiger partial charge is 0.393 e. The van der Waals surface area contributed by atoms with Crippen LogP contribution in [0.1, 0.15) is 44.1 Å². The lowest BCUT2D eigenvalue weighted by molar-refractivity contribution is -0.133. The van der Waals surface area contributed by atoms with Crippen LogP contribution in [-0.4, -0.2) is 34.6 Å². The van der Waals surface area contributed by atoms with E-state index in [0.29, 0.717) is 24.9 Å². The molecule has 1 aliphatic heterocycles. The van der Waals surface area contributed by atoms with Crippen LogP contribution in [0.15, 0.2) is 18.2 Å². The Balaban J connectivity index is 1.67. The van der Waals surface area contributed by atoms with Crippen LogP contribution in [0.3, 0.4) is 0 Å². The van der Waals surface area contributed by atoms with E-state index in [1.54, 1.807) is 6.92 Å². The lowest BCUT2D eigenvalue weighted by atomic mass is 10.1. The summed E-state index contributed by atoms with van der Waals surface area (Å²) < 4.78 is 26.8. The van der Waals surface area contributed by atoms with Gasteiger partial charge in [0.2, 0.25) is 5.91 Å². The molecule has 1 amide bonds. The first kappa shape index (κ1) is 15.4. The standard InChI is InChI=1S/C17H21F2NO2/c1-10(21)7-12-3-2-6-20(12)17(22)15-9-14(15)13-5-4-11(18)8-16(13)19/h4-5,8,10,12,14-15,21H,2-3,6-7,9H2,1H3. The summed E-state index contributed by atoms with van der Waals surface area (Å²) in [6.45, 7) is 2.44. The molecule has 0 aromatic heterocycles. The topological polar surface area (TPSA) is 40.5 Å². The lowest BCUT2D eigenvalue weighted by Crippen LogP contribution is -2.38. The number of hydrogen-bond donors (Lipinski definition) is 1. The van der Waals surface area contributed by atoms with E-state index in [9.17, 15) is 18.7 Å². The van der Waals surface area contributed by atoms with Gasteiger partial charge in [0.15, 0.2) is 0 Å².